The van der Waals surface area contributed by atoms with Crippen molar-refractivity contribution >= 4 is 18.0 Å². The summed E-state index contributed by atoms with van der Waals surface area (Å²) in [6.45, 7) is 0. The van der Waals surface area contributed by atoms with Gasteiger partial charge in [0, 0.05) is 11.6 Å². The van der Waals surface area contributed by atoms with Crippen molar-refractivity contribution in [1.82, 2.24) is 10.2 Å². The summed E-state index contributed by atoms with van der Waals surface area (Å²) < 4.78 is 0. The van der Waals surface area contributed by atoms with E-state index in [2.05, 4.69) is 10.2 Å². The van der Waals surface area contributed by atoms with Crippen molar-refractivity contribution in [2.75, 3.05) is 11.5 Å². The number of H-pyrrole nitrogens is 1. The minimum absolute atomic E-state index is 0.522. The van der Waals surface area contributed by atoms with Gasteiger partial charge in [-0.05, 0) is 30.4 Å². The second-order valence-electron chi connectivity index (χ2n) is 3.25. The van der Waals surface area contributed by atoms with Crippen molar-refractivity contribution in [3.05, 3.63) is 17.5 Å². The number of aldehydes is 1. The molecule has 1 saturated heterocycles. The second-order valence-corrected chi connectivity index (χ2v) is 4.48. The van der Waals surface area contributed by atoms with E-state index in [1.54, 1.807) is 0 Å². The Morgan fingerprint density at radius 2 is 2.31 bits per heavy atom. The number of hydrogen-bond acceptors (Lipinski definition) is 3. The second kappa shape index (κ2) is 3.96. The highest BCUT2D eigenvalue weighted by molar-refractivity contribution is 7.99. The number of aromatic amines is 1. The average molecular weight is 196 g/mol. The van der Waals surface area contributed by atoms with Crippen LogP contribution < -0.4 is 0 Å². The number of aromatic nitrogens is 2. The summed E-state index contributed by atoms with van der Waals surface area (Å²) in [6.07, 6.45) is 3.19. The molecular formula is C9H12N2OS. The number of carbonyl (C=O) groups is 1. The predicted molar refractivity (Wildman–Crippen MR) is 53.3 cm³/mol. The highest BCUT2D eigenvalue weighted by Gasteiger charge is 2.17. The van der Waals surface area contributed by atoms with Crippen molar-refractivity contribution in [1.29, 1.82) is 0 Å². The van der Waals surface area contributed by atoms with Crippen LogP contribution in [0, 0.1) is 0 Å². The zero-order chi connectivity index (χ0) is 9.10. The van der Waals surface area contributed by atoms with Crippen molar-refractivity contribution in [2.24, 2.45) is 0 Å². The summed E-state index contributed by atoms with van der Waals surface area (Å²) in [4.78, 5) is 10.4. The van der Waals surface area contributed by atoms with E-state index in [4.69, 9.17) is 0 Å². The largest absolute Gasteiger partial charge is 0.296 e. The molecule has 0 aliphatic carbocycles. The van der Waals surface area contributed by atoms with Crippen LogP contribution in [0.2, 0.25) is 0 Å². The predicted octanol–water partition coefficient (Wildman–Crippen LogP) is 1.83. The highest BCUT2D eigenvalue weighted by Crippen LogP contribution is 2.30. The van der Waals surface area contributed by atoms with Gasteiger partial charge in [0.15, 0.2) is 6.29 Å². The molecule has 1 aromatic rings. The van der Waals surface area contributed by atoms with Crippen LogP contribution >= 0.6 is 11.8 Å². The lowest BCUT2D eigenvalue weighted by atomic mass is 9.99. The lowest BCUT2D eigenvalue weighted by molar-refractivity contribution is 0.111. The Balaban J connectivity index is 2.09. The molecule has 3 nitrogen and oxygen atoms in total. The SMILES string of the molecule is O=Cc1cc(C2CCSCC2)[nH]n1. The van der Waals surface area contributed by atoms with E-state index in [1.165, 1.54) is 24.3 Å². The van der Waals surface area contributed by atoms with Gasteiger partial charge in [-0.2, -0.15) is 16.9 Å². The third kappa shape index (κ3) is 1.94. The van der Waals surface area contributed by atoms with Gasteiger partial charge in [-0.25, -0.2) is 0 Å². The third-order valence-corrected chi connectivity index (χ3v) is 3.45. The molecule has 0 aromatic carbocycles. The normalized spacial score (nSPS) is 18.8. The van der Waals surface area contributed by atoms with Crippen molar-refractivity contribution in [3.63, 3.8) is 0 Å². The number of hydrogen-bond donors (Lipinski definition) is 1. The molecule has 2 heterocycles. The molecule has 1 N–H and O–H groups in total. The lowest BCUT2D eigenvalue weighted by Crippen LogP contribution is -2.07. The highest BCUT2D eigenvalue weighted by atomic mass is 32.2. The summed E-state index contributed by atoms with van der Waals surface area (Å²) in [5.74, 6) is 3.03. The van der Waals surface area contributed by atoms with Gasteiger partial charge in [-0.3, -0.25) is 9.89 Å². The topological polar surface area (TPSA) is 45.8 Å². The van der Waals surface area contributed by atoms with Gasteiger partial charge in [0.25, 0.3) is 0 Å². The van der Waals surface area contributed by atoms with E-state index < -0.39 is 0 Å². The Kier molecular flexibility index (Phi) is 2.68. The molecule has 1 aromatic heterocycles. The Morgan fingerprint density at radius 3 is 2.92 bits per heavy atom. The minimum Gasteiger partial charge on any atom is -0.296 e. The van der Waals surface area contributed by atoms with Gasteiger partial charge < -0.3 is 0 Å². The maximum Gasteiger partial charge on any atom is 0.170 e. The molecule has 0 unspecified atom stereocenters. The molecule has 2 rings (SSSR count). The Labute approximate surface area is 81.3 Å². The van der Waals surface area contributed by atoms with Crippen LogP contribution in [0.15, 0.2) is 6.07 Å². The Hall–Kier alpha value is -0.770. The summed E-state index contributed by atoms with van der Waals surface area (Å²) in [5, 5.41) is 6.85. The Morgan fingerprint density at radius 1 is 1.54 bits per heavy atom. The first-order chi connectivity index (χ1) is 6.40. The summed E-state index contributed by atoms with van der Waals surface area (Å²) >= 11 is 2.00. The molecule has 0 radical (unpaired) electrons. The van der Waals surface area contributed by atoms with Crippen molar-refractivity contribution in [2.45, 2.75) is 18.8 Å². The fourth-order valence-corrected chi connectivity index (χ4v) is 2.74. The van der Waals surface area contributed by atoms with Gasteiger partial charge in [0.1, 0.15) is 5.69 Å². The maximum absolute atomic E-state index is 10.4. The van der Waals surface area contributed by atoms with E-state index in [0.29, 0.717) is 11.6 Å². The van der Waals surface area contributed by atoms with Gasteiger partial charge >= 0.3 is 0 Å². The first-order valence-electron chi connectivity index (χ1n) is 4.48. The molecule has 4 heteroatoms. The first-order valence-corrected chi connectivity index (χ1v) is 5.64. The van der Waals surface area contributed by atoms with Crippen molar-refractivity contribution in [3.8, 4) is 0 Å². The van der Waals surface area contributed by atoms with Crippen molar-refractivity contribution < 1.29 is 4.79 Å². The average Bonchev–Trinajstić information content (AvgIpc) is 2.67. The van der Waals surface area contributed by atoms with Crippen LogP contribution in [0.4, 0.5) is 0 Å². The molecule has 0 spiro atoms. The monoisotopic (exact) mass is 196 g/mol. The van der Waals surface area contributed by atoms with Gasteiger partial charge in [0.2, 0.25) is 0 Å². The van der Waals surface area contributed by atoms with Gasteiger partial charge in [0.05, 0.1) is 0 Å². The molecule has 1 aliphatic rings. The quantitative estimate of drug-likeness (QED) is 0.734. The number of nitrogens with zero attached hydrogens (tertiary/aromatic N) is 1. The zero-order valence-electron chi connectivity index (χ0n) is 7.32. The van der Waals surface area contributed by atoms with E-state index in [0.717, 1.165) is 12.0 Å². The van der Waals surface area contributed by atoms with E-state index in [1.807, 2.05) is 17.8 Å². The van der Waals surface area contributed by atoms with Crippen LogP contribution in [0.3, 0.4) is 0 Å². The molecule has 0 saturated carbocycles. The van der Waals surface area contributed by atoms with E-state index in [9.17, 15) is 4.79 Å². The molecular weight excluding hydrogens is 184 g/mol. The summed E-state index contributed by atoms with van der Waals surface area (Å²) in [7, 11) is 0. The first kappa shape index (κ1) is 8.81. The summed E-state index contributed by atoms with van der Waals surface area (Å²) in [6, 6.07) is 1.87. The fraction of sp³-hybridized carbons (Fsp3) is 0.556. The Bertz CT molecular complexity index is 292. The van der Waals surface area contributed by atoms with E-state index in [-0.39, 0.29) is 0 Å². The molecule has 0 amide bonds. The molecule has 1 aliphatic heterocycles. The molecule has 13 heavy (non-hydrogen) atoms. The number of carbonyl (C=O) groups excluding carboxylic acids is 1. The molecule has 1 fully saturated rings. The third-order valence-electron chi connectivity index (χ3n) is 2.40. The molecule has 0 atom stereocenters. The van der Waals surface area contributed by atoms with Crippen LogP contribution in [-0.2, 0) is 0 Å². The standard InChI is InChI=1S/C9H12N2OS/c12-6-8-5-9(11-10-8)7-1-3-13-4-2-7/h5-7H,1-4H2,(H,10,11). The number of thioether (sulfide) groups is 1. The molecule has 0 bridgehead atoms. The smallest absolute Gasteiger partial charge is 0.170 e. The van der Waals surface area contributed by atoms with Gasteiger partial charge in [-0.15, -0.1) is 0 Å². The van der Waals surface area contributed by atoms with Crippen LogP contribution in [-0.4, -0.2) is 28.0 Å². The van der Waals surface area contributed by atoms with E-state index >= 15 is 0 Å². The number of rotatable bonds is 2. The number of nitrogens with one attached hydrogen (secondary N) is 1. The van der Waals surface area contributed by atoms with Gasteiger partial charge in [-0.1, -0.05) is 0 Å². The zero-order valence-corrected chi connectivity index (χ0v) is 8.14. The van der Waals surface area contributed by atoms with Crippen LogP contribution in [0.5, 0.6) is 0 Å². The fourth-order valence-electron chi connectivity index (χ4n) is 1.63. The molecule has 70 valence electrons. The maximum atomic E-state index is 10.4. The lowest BCUT2D eigenvalue weighted by Gasteiger charge is -2.19. The van der Waals surface area contributed by atoms with Crippen LogP contribution in [0.25, 0.3) is 0 Å². The van der Waals surface area contributed by atoms with Crippen LogP contribution in [0.1, 0.15) is 34.9 Å². The summed E-state index contributed by atoms with van der Waals surface area (Å²) in [5.41, 5.74) is 1.65. The minimum atomic E-state index is 0.522.